The van der Waals surface area contributed by atoms with Crippen LogP contribution in [0.25, 0.3) is 0 Å². The van der Waals surface area contributed by atoms with Gasteiger partial charge in [-0.1, -0.05) is 36.4 Å². The summed E-state index contributed by atoms with van der Waals surface area (Å²) in [7, 11) is 0. The summed E-state index contributed by atoms with van der Waals surface area (Å²) < 4.78 is 5.64. The van der Waals surface area contributed by atoms with E-state index in [1.165, 1.54) is 54.7 Å². The first-order chi connectivity index (χ1) is 12.7. The molecule has 0 aromatic heterocycles. The number of hydrogen-bond acceptors (Lipinski definition) is 3. The summed E-state index contributed by atoms with van der Waals surface area (Å²) in [4.78, 5) is 2.51. The Kier molecular flexibility index (Phi) is 7.10. The van der Waals surface area contributed by atoms with Crippen LogP contribution in [0.15, 0.2) is 48.5 Å². The number of anilines is 1. The SMILES string of the molecule is CC(C)OCc1ccc(CNCc2ccc(N3CCCCC3)cc2)cc1. The Morgan fingerprint density at radius 2 is 1.35 bits per heavy atom. The van der Waals surface area contributed by atoms with Crippen LogP contribution in [-0.2, 0) is 24.4 Å². The summed E-state index contributed by atoms with van der Waals surface area (Å²) in [6.07, 6.45) is 4.30. The van der Waals surface area contributed by atoms with Crippen LogP contribution < -0.4 is 10.2 Å². The fraction of sp³-hybridized carbons (Fsp3) is 0.478. The van der Waals surface area contributed by atoms with E-state index in [4.69, 9.17) is 4.74 Å². The lowest BCUT2D eigenvalue weighted by Gasteiger charge is -2.28. The summed E-state index contributed by atoms with van der Waals surface area (Å²) in [6.45, 7) is 9.02. The Bertz CT molecular complexity index is 643. The van der Waals surface area contributed by atoms with Crippen molar-refractivity contribution in [2.24, 2.45) is 0 Å². The van der Waals surface area contributed by atoms with Crippen LogP contribution >= 0.6 is 0 Å². The first-order valence-corrected chi connectivity index (χ1v) is 9.95. The predicted molar refractivity (Wildman–Crippen MR) is 109 cm³/mol. The zero-order valence-electron chi connectivity index (χ0n) is 16.2. The second-order valence-electron chi connectivity index (χ2n) is 7.49. The van der Waals surface area contributed by atoms with Gasteiger partial charge in [0, 0.05) is 31.9 Å². The highest BCUT2D eigenvalue weighted by molar-refractivity contribution is 5.47. The molecule has 0 saturated carbocycles. The second-order valence-corrected chi connectivity index (χ2v) is 7.49. The summed E-state index contributed by atoms with van der Waals surface area (Å²) in [5.41, 5.74) is 5.25. The molecule has 1 N–H and O–H groups in total. The quantitative estimate of drug-likeness (QED) is 0.732. The van der Waals surface area contributed by atoms with Crippen LogP contribution in [0.5, 0.6) is 0 Å². The fourth-order valence-corrected chi connectivity index (χ4v) is 3.34. The van der Waals surface area contributed by atoms with E-state index in [0.29, 0.717) is 6.61 Å². The van der Waals surface area contributed by atoms with Crippen LogP contribution in [0, 0.1) is 0 Å². The van der Waals surface area contributed by atoms with E-state index in [2.05, 4.69) is 72.6 Å². The molecular formula is C23H32N2O. The van der Waals surface area contributed by atoms with Gasteiger partial charge in [0.2, 0.25) is 0 Å². The standard InChI is InChI=1S/C23H32N2O/c1-19(2)26-18-22-8-6-20(7-9-22)16-24-17-21-10-12-23(13-11-21)25-14-4-3-5-15-25/h6-13,19,24H,3-5,14-18H2,1-2H3. The first kappa shape index (κ1) is 18.9. The van der Waals surface area contributed by atoms with E-state index in [-0.39, 0.29) is 6.10 Å². The monoisotopic (exact) mass is 352 g/mol. The molecule has 2 aromatic carbocycles. The molecule has 0 spiro atoms. The van der Waals surface area contributed by atoms with Gasteiger partial charge in [0.15, 0.2) is 0 Å². The third-order valence-electron chi connectivity index (χ3n) is 4.92. The molecule has 1 fully saturated rings. The number of hydrogen-bond donors (Lipinski definition) is 1. The molecule has 2 aromatic rings. The zero-order valence-corrected chi connectivity index (χ0v) is 16.2. The predicted octanol–water partition coefficient (Wildman–Crippen LogP) is 4.89. The van der Waals surface area contributed by atoms with E-state index in [0.717, 1.165) is 13.1 Å². The zero-order chi connectivity index (χ0) is 18.2. The molecule has 0 radical (unpaired) electrons. The molecule has 26 heavy (non-hydrogen) atoms. The molecule has 3 rings (SSSR count). The van der Waals surface area contributed by atoms with Crippen LogP contribution in [0.3, 0.4) is 0 Å². The van der Waals surface area contributed by atoms with Gasteiger partial charge < -0.3 is 15.0 Å². The molecule has 0 unspecified atom stereocenters. The highest BCUT2D eigenvalue weighted by Crippen LogP contribution is 2.20. The number of nitrogens with zero attached hydrogens (tertiary/aromatic N) is 1. The van der Waals surface area contributed by atoms with Gasteiger partial charge in [-0.25, -0.2) is 0 Å². The minimum atomic E-state index is 0.276. The lowest BCUT2D eigenvalue weighted by molar-refractivity contribution is 0.0657. The summed E-state index contributed by atoms with van der Waals surface area (Å²) in [6, 6.07) is 17.7. The number of nitrogens with one attached hydrogen (secondary N) is 1. The summed E-state index contributed by atoms with van der Waals surface area (Å²) in [5.74, 6) is 0. The second kappa shape index (κ2) is 9.75. The van der Waals surface area contributed by atoms with Gasteiger partial charge in [0.05, 0.1) is 12.7 Å². The molecule has 1 saturated heterocycles. The molecule has 3 nitrogen and oxygen atoms in total. The van der Waals surface area contributed by atoms with Gasteiger partial charge in [-0.15, -0.1) is 0 Å². The van der Waals surface area contributed by atoms with E-state index >= 15 is 0 Å². The average molecular weight is 353 g/mol. The van der Waals surface area contributed by atoms with Crippen LogP contribution in [0.2, 0.25) is 0 Å². The lowest BCUT2D eigenvalue weighted by atomic mass is 10.1. The van der Waals surface area contributed by atoms with Gasteiger partial charge in [0.1, 0.15) is 0 Å². The molecule has 1 aliphatic heterocycles. The molecule has 0 amide bonds. The minimum absolute atomic E-state index is 0.276. The Labute approximate surface area is 158 Å². The Balaban J connectivity index is 1.42. The Morgan fingerprint density at radius 1 is 0.808 bits per heavy atom. The molecular weight excluding hydrogens is 320 g/mol. The van der Waals surface area contributed by atoms with Crippen molar-refractivity contribution in [2.75, 3.05) is 18.0 Å². The van der Waals surface area contributed by atoms with Crippen LogP contribution in [0.1, 0.15) is 49.8 Å². The third kappa shape index (κ3) is 5.86. The van der Waals surface area contributed by atoms with Crippen molar-refractivity contribution in [2.45, 2.75) is 58.9 Å². The highest BCUT2D eigenvalue weighted by Gasteiger charge is 2.10. The van der Waals surface area contributed by atoms with Crippen LogP contribution in [-0.4, -0.2) is 19.2 Å². The maximum absolute atomic E-state index is 5.64. The summed E-state index contributed by atoms with van der Waals surface area (Å²) >= 11 is 0. The molecule has 0 atom stereocenters. The maximum atomic E-state index is 5.64. The van der Waals surface area contributed by atoms with Crippen molar-refractivity contribution in [3.63, 3.8) is 0 Å². The molecule has 140 valence electrons. The van der Waals surface area contributed by atoms with E-state index in [9.17, 15) is 0 Å². The van der Waals surface area contributed by atoms with E-state index < -0.39 is 0 Å². The van der Waals surface area contributed by atoms with Crippen molar-refractivity contribution in [1.29, 1.82) is 0 Å². The highest BCUT2D eigenvalue weighted by atomic mass is 16.5. The largest absolute Gasteiger partial charge is 0.374 e. The van der Waals surface area contributed by atoms with Crippen molar-refractivity contribution in [3.05, 3.63) is 65.2 Å². The maximum Gasteiger partial charge on any atom is 0.0720 e. The normalized spacial score (nSPS) is 14.8. The van der Waals surface area contributed by atoms with Gasteiger partial charge in [-0.3, -0.25) is 0 Å². The summed E-state index contributed by atoms with van der Waals surface area (Å²) in [5, 5.41) is 3.54. The van der Waals surface area contributed by atoms with Crippen molar-refractivity contribution in [1.82, 2.24) is 5.32 Å². The lowest BCUT2D eigenvalue weighted by Crippen LogP contribution is -2.29. The topological polar surface area (TPSA) is 24.5 Å². The third-order valence-corrected chi connectivity index (χ3v) is 4.92. The Hall–Kier alpha value is -1.84. The van der Waals surface area contributed by atoms with Crippen LogP contribution in [0.4, 0.5) is 5.69 Å². The number of piperidine rings is 1. The molecule has 1 aliphatic rings. The molecule has 3 heteroatoms. The van der Waals surface area contributed by atoms with E-state index in [1.54, 1.807) is 0 Å². The first-order valence-electron chi connectivity index (χ1n) is 9.95. The number of rotatable bonds is 8. The van der Waals surface area contributed by atoms with Gasteiger partial charge >= 0.3 is 0 Å². The number of ether oxygens (including phenoxy) is 1. The Morgan fingerprint density at radius 3 is 1.92 bits per heavy atom. The van der Waals surface area contributed by atoms with Crippen molar-refractivity contribution >= 4 is 5.69 Å². The smallest absolute Gasteiger partial charge is 0.0720 e. The minimum Gasteiger partial charge on any atom is -0.374 e. The van der Waals surface area contributed by atoms with Crippen molar-refractivity contribution in [3.8, 4) is 0 Å². The van der Waals surface area contributed by atoms with Gasteiger partial charge in [-0.05, 0) is 61.9 Å². The molecule has 0 aliphatic carbocycles. The molecule has 0 bridgehead atoms. The van der Waals surface area contributed by atoms with Gasteiger partial charge in [-0.2, -0.15) is 0 Å². The fourth-order valence-electron chi connectivity index (χ4n) is 3.34. The van der Waals surface area contributed by atoms with E-state index in [1.807, 2.05) is 0 Å². The van der Waals surface area contributed by atoms with Gasteiger partial charge in [0.25, 0.3) is 0 Å². The number of benzene rings is 2. The average Bonchev–Trinajstić information content (AvgIpc) is 2.68. The van der Waals surface area contributed by atoms with Crippen molar-refractivity contribution < 1.29 is 4.74 Å². The molecule has 1 heterocycles.